The lowest BCUT2D eigenvalue weighted by Gasteiger charge is -2.34. The number of amides is 4. The van der Waals surface area contributed by atoms with Gasteiger partial charge in [-0.05, 0) is 42.9 Å². The molecule has 3 aliphatic rings. The fraction of sp³-hybridized carbons (Fsp3) is 0.800. The van der Waals surface area contributed by atoms with E-state index in [1.807, 2.05) is 20.8 Å². The molecule has 0 aromatic carbocycles. The van der Waals surface area contributed by atoms with Crippen molar-refractivity contribution in [2.75, 3.05) is 13.1 Å². The Labute approximate surface area is 166 Å². The van der Waals surface area contributed by atoms with E-state index in [0.29, 0.717) is 31.8 Å². The Balaban J connectivity index is 1.69. The van der Waals surface area contributed by atoms with Crippen molar-refractivity contribution >= 4 is 23.6 Å². The standard InChI is InChI=1S/C20H32N4O4/c1-20(2,3)9-15(25)24-10-12-4-5-13(12)16(24)19(28)23-14(17(21)26)8-11-6-7-22-18(11)27/h11-14,16H,4-10H2,1-3H3,(H2,21,26)(H,22,27)(H,23,28)/t11-,12-,13-,14-,16-/m0/s1. The average Bonchev–Trinajstić information content (AvgIpc) is 3.06. The van der Waals surface area contributed by atoms with Crippen molar-refractivity contribution in [3.63, 3.8) is 0 Å². The Morgan fingerprint density at radius 3 is 2.46 bits per heavy atom. The predicted octanol–water partition coefficient (Wildman–Crippen LogP) is 0.156. The molecule has 2 saturated heterocycles. The number of hydrogen-bond acceptors (Lipinski definition) is 4. The van der Waals surface area contributed by atoms with Gasteiger partial charge in [-0.1, -0.05) is 20.8 Å². The van der Waals surface area contributed by atoms with Gasteiger partial charge in [-0.15, -0.1) is 0 Å². The van der Waals surface area contributed by atoms with Gasteiger partial charge in [-0.25, -0.2) is 0 Å². The molecule has 8 nitrogen and oxygen atoms in total. The van der Waals surface area contributed by atoms with Crippen molar-refractivity contribution in [2.24, 2.45) is 28.9 Å². The number of nitrogens with zero attached hydrogens (tertiary/aromatic N) is 1. The highest BCUT2D eigenvalue weighted by Crippen LogP contribution is 2.45. The highest BCUT2D eigenvalue weighted by atomic mass is 16.2. The molecule has 4 amide bonds. The molecule has 0 radical (unpaired) electrons. The maximum Gasteiger partial charge on any atom is 0.243 e. The molecule has 3 rings (SSSR count). The Hall–Kier alpha value is -2.12. The second-order valence-electron chi connectivity index (χ2n) is 9.71. The van der Waals surface area contributed by atoms with Crippen LogP contribution in [0, 0.1) is 23.2 Å². The zero-order valence-electron chi connectivity index (χ0n) is 17.0. The first-order chi connectivity index (χ1) is 13.1. The van der Waals surface area contributed by atoms with Crippen LogP contribution in [0.1, 0.15) is 52.9 Å². The Kier molecular flexibility index (Phi) is 5.68. The molecule has 3 fully saturated rings. The van der Waals surface area contributed by atoms with Crippen LogP contribution in [-0.4, -0.2) is 53.7 Å². The third kappa shape index (κ3) is 4.31. The van der Waals surface area contributed by atoms with E-state index in [1.54, 1.807) is 4.90 Å². The van der Waals surface area contributed by atoms with Gasteiger partial charge < -0.3 is 21.3 Å². The summed E-state index contributed by atoms with van der Waals surface area (Å²) in [7, 11) is 0. The molecule has 8 heteroatoms. The maximum atomic E-state index is 13.1. The van der Waals surface area contributed by atoms with Crippen LogP contribution in [0.3, 0.4) is 0 Å². The number of nitrogens with two attached hydrogens (primary N) is 1. The van der Waals surface area contributed by atoms with Gasteiger partial charge in [-0.3, -0.25) is 19.2 Å². The van der Waals surface area contributed by atoms with Crippen LogP contribution >= 0.6 is 0 Å². The van der Waals surface area contributed by atoms with E-state index in [4.69, 9.17) is 5.73 Å². The van der Waals surface area contributed by atoms with Crippen LogP contribution in [0.15, 0.2) is 0 Å². The normalized spacial score (nSPS) is 30.2. The summed E-state index contributed by atoms with van der Waals surface area (Å²) in [6, 6.07) is -1.45. The van der Waals surface area contributed by atoms with Crippen molar-refractivity contribution in [2.45, 2.75) is 65.0 Å². The molecular weight excluding hydrogens is 360 g/mol. The third-order valence-electron chi connectivity index (χ3n) is 6.26. The monoisotopic (exact) mass is 392 g/mol. The molecule has 2 heterocycles. The molecule has 1 saturated carbocycles. The van der Waals surface area contributed by atoms with Crippen molar-refractivity contribution in [1.29, 1.82) is 0 Å². The summed E-state index contributed by atoms with van der Waals surface area (Å²) >= 11 is 0. The van der Waals surface area contributed by atoms with E-state index in [0.717, 1.165) is 12.8 Å². The zero-order valence-corrected chi connectivity index (χ0v) is 17.0. The van der Waals surface area contributed by atoms with Crippen LogP contribution in [0.25, 0.3) is 0 Å². The summed E-state index contributed by atoms with van der Waals surface area (Å²) in [4.78, 5) is 51.3. The fourth-order valence-corrected chi connectivity index (χ4v) is 4.64. The number of fused-ring (bicyclic) bond motifs is 1. The van der Waals surface area contributed by atoms with Crippen LogP contribution in [-0.2, 0) is 19.2 Å². The average molecular weight is 393 g/mol. The fourth-order valence-electron chi connectivity index (χ4n) is 4.64. The second kappa shape index (κ2) is 7.72. The minimum atomic E-state index is -0.903. The first-order valence-electron chi connectivity index (χ1n) is 10.2. The van der Waals surface area contributed by atoms with Crippen molar-refractivity contribution in [1.82, 2.24) is 15.5 Å². The van der Waals surface area contributed by atoms with Crippen molar-refractivity contribution in [3.8, 4) is 0 Å². The largest absolute Gasteiger partial charge is 0.368 e. The van der Waals surface area contributed by atoms with E-state index in [2.05, 4.69) is 10.6 Å². The molecule has 0 spiro atoms. The Morgan fingerprint density at radius 2 is 1.96 bits per heavy atom. The van der Waals surface area contributed by atoms with Crippen LogP contribution in [0.2, 0.25) is 0 Å². The van der Waals surface area contributed by atoms with Crippen LogP contribution in [0.4, 0.5) is 0 Å². The molecule has 0 bridgehead atoms. The summed E-state index contributed by atoms with van der Waals surface area (Å²) < 4.78 is 0. The Morgan fingerprint density at radius 1 is 1.25 bits per heavy atom. The molecule has 2 aliphatic heterocycles. The highest BCUT2D eigenvalue weighted by molar-refractivity contribution is 5.93. The molecule has 28 heavy (non-hydrogen) atoms. The lowest BCUT2D eigenvalue weighted by molar-refractivity contribution is -0.141. The van der Waals surface area contributed by atoms with Gasteiger partial charge in [0.2, 0.25) is 23.6 Å². The first-order valence-corrected chi connectivity index (χ1v) is 10.2. The summed E-state index contributed by atoms with van der Waals surface area (Å²) in [5, 5.41) is 5.48. The number of likely N-dealkylation sites (tertiary alicyclic amines) is 1. The molecule has 4 N–H and O–H groups in total. The summed E-state index contributed by atoms with van der Waals surface area (Å²) in [6.45, 7) is 7.18. The topological polar surface area (TPSA) is 122 Å². The quantitative estimate of drug-likeness (QED) is 0.596. The molecule has 156 valence electrons. The minimum absolute atomic E-state index is 0.0205. The third-order valence-corrected chi connectivity index (χ3v) is 6.26. The van der Waals surface area contributed by atoms with Crippen molar-refractivity contribution < 1.29 is 19.2 Å². The lowest BCUT2D eigenvalue weighted by atomic mass is 9.73. The maximum absolute atomic E-state index is 13.1. The van der Waals surface area contributed by atoms with Crippen LogP contribution < -0.4 is 16.4 Å². The van der Waals surface area contributed by atoms with Gasteiger partial charge in [0, 0.05) is 25.4 Å². The number of rotatable bonds is 6. The van der Waals surface area contributed by atoms with Gasteiger partial charge in [0.25, 0.3) is 0 Å². The number of hydrogen-bond donors (Lipinski definition) is 3. The molecule has 0 unspecified atom stereocenters. The van der Waals surface area contributed by atoms with Gasteiger partial charge in [-0.2, -0.15) is 0 Å². The molecule has 0 aromatic heterocycles. The van der Waals surface area contributed by atoms with E-state index in [-0.39, 0.29) is 41.4 Å². The van der Waals surface area contributed by atoms with Gasteiger partial charge in [0.05, 0.1) is 0 Å². The van der Waals surface area contributed by atoms with Crippen molar-refractivity contribution in [3.05, 3.63) is 0 Å². The summed E-state index contributed by atoms with van der Waals surface area (Å²) in [5.74, 6) is -0.924. The molecular formula is C20H32N4O4. The van der Waals surface area contributed by atoms with Gasteiger partial charge >= 0.3 is 0 Å². The minimum Gasteiger partial charge on any atom is -0.368 e. The zero-order chi connectivity index (χ0) is 20.6. The van der Waals surface area contributed by atoms with Crippen LogP contribution in [0.5, 0.6) is 0 Å². The molecule has 1 aliphatic carbocycles. The molecule has 0 aromatic rings. The Bertz CT molecular complexity index is 672. The van der Waals surface area contributed by atoms with E-state index in [1.165, 1.54) is 0 Å². The van der Waals surface area contributed by atoms with Gasteiger partial charge in [0.1, 0.15) is 12.1 Å². The van der Waals surface area contributed by atoms with Gasteiger partial charge in [0.15, 0.2) is 0 Å². The number of carbonyl (C=O) groups is 4. The lowest BCUT2D eigenvalue weighted by Crippen LogP contribution is -2.55. The van der Waals surface area contributed by atoms with E-state index in [9.17, 15) is 19.2 Å². The summed E-state index contributed by atoms with van der Waals surface area (Å²) in [6.07, 6.45) is 3.13. The highest BCUT2D eigenvalue weighted by Gasteiger charge is 2.52. The number of primary amides is 1. The number of nitrogens with one attached hydrogen (secondary N) is 2. The first kappa shape index (κ1) is 20.6. The SMILES string of the molecule is CC(C)(C)CC(=O)N1C[C@@H]2CC[C@@H]2[C@H]1C(=O)N[C@@H](C[C@@H]1CCNC1=O)C(N)=O. The summed E-state index contributed by atoms with van der Waals surface area (Å²) in [5.41, 5.74) is 5.33. The smallest absolute Gasteiger partial charge is 0.243 e. The predicted molar refractivity (Wildman–Crippen MR) is 103 cm³/mol. The van der Waals surface area contributed by atoms with E-state index >= 15 is 0 Å². The number of carbonyl (C=O) groups excluding carboxylic acids is 4. The molecule has 5 atom stereocenters. The second-order valence-corrected chi connectivity index (χ2v) is 9.71. The van der Waals surface area contributed by atoms with E-state index < -0.39 is 18.0 Å².